The quantitative estimate of drug-likeness (QED) is 0.787. The van der Waals surface area contributed by atoms with Crippen molar-refractivity contribution in [3.63, 3.8) is 0 Å². The summed E-state index contributed by atoms with van der Waals surface area (Å²) in [6.07, 6.45) is 0. The summed E-state index contributed by atoms with van der Waals surface area (Å²) in [6.45, 7) is 0.789. The summed E-state index contributed by atoms with van der Waals surface area (Å²) < 4.78 is 13.4. The predicted octanol–water partition coefficient (Wildman–Crippen LogP) is 2.35. The predicted molar refractivity (Wildman–Crippen MR) is 68.5 cm³/mol. The Hall–Kier alpha value is -0.940. The first-order chi connectivity index (χ1) is 8.16. The van der Waals surface area contributed by atoms with Crippen molar-refractivity contribution in [2.75, 3.05) is 28.3 Å². The minimum absolute atomic E-state index is 0.0635. The molecule has 1 aromatic carbocycles. The van der Waals surface area contributed by atoms with E-state index in [0.29, 0.717) is 5.69 Å². The third-order valence-electron chi connectivity index (χ3n) is 3.04. The molecule has 1 aromatic rings. The molecular weight excluding hydrogens is 263 g/mol. The van der Waals surface area contributed by atoms with Gasteiger partial charge in [-0.1, -0.05) is 11.6 Å². The second-order valence-corrected chi connectivity index (χ2v) is 5.61. The molecule has 1 fully saturated rings. The Morgan fingerprint density at radius 2 is 2.35 bits per heavy atom. The Bertz CT molecular complexity index is 497. The second kappa shape index (κ2) is 4.07. The fourth-order valence-corrected chi connectivity index (χ4v) is 3.40. The van der Waals surface area contributed by atoms with Crippen LogP contribution in [-0.2, 0) is 4.79 Å². The lowest BCUT2D eigenvalue weighted by molar-refractivity contribution is -0.117. The molecule has 2 aliphatic rings. The molecule has 1 unspecified atom stereocenters. The highest BCUT2D eigenvalue weighted by atomic mass is 35.5. The van der Waals surface area contributed by atoms with Crippen LogP contribution in [0.5, 0.6) is 0 Å². The van der Waals surface area contributed by atoms with Crippen LogP contribution in [0.4, 0.5) is 15.8 Å². The van der Waals surface area contributed by atoms with E-state index >= 15 is 0 Å². The number of hydrogen-bond donors (Lipinski definition) is 1. The van der Waals surface area contributed by atoms with Gasteiger partial charge in [0, 0.05) is 24.1 Å². The Balaban J connectivity index is 2.10. The van der Waals surface area contributed by atoms with Gasteiger partial charge in [0.2, 0.25) is 5.91 Å². The van der Waals surface area contributed by atoms with Crippen LogP contribution >= 0.6 is 23.4 Å². The van der Waals surface area contributed by atoms with Crippen LogP contribution in [0.15, 0.2) is 12.1 Å². The number of carbonyl (C=O) groups excluding carboxylic acids is 1. The van der Waals surface area contributed by atoms with Gasteiger partial charge in [-0.2, -0.15) is 11.8 Å². The molecule has 0 radical (unpaired) electrons. The van der Waals surface area contributed by atoms with Crippen LogP contribution in [0, 0.1) is 5.82 Å². The zero-order valence-corrected chi connectivity index (χ0v) is 10.4. The smallest absolute Gasteiger partial charge is 0.247 e. The summed E-state index contributed by atoms with van der Waals surface area (Å²) in [6, 6.07) is 2.71. The van der Waals surface area contributed by atoms with Crippen molar-refractivity contribution in [2.45, 2.75) is 6.04 Å². The Morgan fingerprint density at radius 3 is 3.18 bits per heavy atom. The number of hydrogen-bond acceptors (Lipinski definition) is 3. The Morgan fingerprint density at radius 1 is 1.53 bits per heavy atom. The van der Waals surface area contributed by atoms with E-state index in [9.17, 15) is 9.18 Å². The highest BCUT2D eigenvalue weighted by molar-refractivity contribution is 7.99. The van der Waals surface area contributed by atoms with E-state index in [1.807, 2.05) is 4.90 Å². The number of nitrogens with one attached hydrogen (secondary N) is 1. The van der Waals surface area contributed by atoms with Gasteiger partial charge in [-0.15, -0.1) is 0 Å². The highest BCUT2D eigenvalue weighted by Crippen LogP contribution is 2.38. The molecule has 3 rings (SSSR count). The van der Waals surface area contributed by atoms with Gasteiger partial charge >= 0.3 is 0 Å². The zero-order valence-electron chi connectivity index (χ0n) is 8.87. The van der Waals surface area contributed by atoms with Gasteiger partial charge in [-0.25, -0.2) is 4.39 Å². The van der Waals surface area contributed by atoms with E-state index in [4.69, 9.17) is 11.6 Å². The average molecular weight is 273 g/mol. The summed E-state index contributed by atoms with van der Waals surface area (Å²) in [5.74, 6) is 1.17. The maximum absolute atomic E-state index is 13.4. The van der Waals surface area contributed by atoms with E-state index in [-0.39, 0.29) is 17.0 Å². The van der Waals surface area contributed by atoms with Gasteiger partial charge in [-0.3, -0.25) is 4.79 Å². The van der Waals surface area contributed by atoms with E-state index in [0.717, 1.165) is 23.7 Å². The number of rotatable bonds is 0. The van der Waals surface area contributed by atoms with Gasteiger partial charge < -0.3 is 10.2 Å². The Kier molecular flexibility index (Phi) is 2.67. The number of anilines is 2. The molecule has 0 aromatic heterocycles. The third kappa shape index (κ3) is 1.77. The minimum Gasteiger partial charge on any atom is -0.356 e. The van der Waals surface area contributed by atoms with Gasteiger partial charge in [0.05, 0.1) is 16.4 Å². The molecular formula is C11H10ClFN2OS. The second-order valence-electron chi connectivity index (χ2n) is 4.06. The highest BCUT2D eigenvalue weighted by Gasteiger charge is 2.35. The van der Waals surface area contributed by atoms with Gasteiger partial charge in [-0.05, 0) is 6.07 Å². The van der Waals surface area contributed by atoms with Crippen LogP contribution in [0.3, 0.4) is 0 Å². The monoisotopic (exact) mass is 272 g/mol. The number of fused-ring (bicyclic) bond motifs is 3. The number of benzene rings is 1. The van der Waals surface area contributed by atoms with E-state index < -0.39 is 5.82 Å². The molecule has 1 amide bonds. The molecule has 2 aliphatic heterocycles. The maximum atomic E-state index is 13.4. The first-order valence-electron chi connectivity index (χ1n) is 5.31. The molecule has 0 saturated carbocycles. The van der Waals surface area contributed by atoms with Gasteiger partial charge in [0.15, 0.2) is 0 Å². The summed E-state index contributed by atoms with van der Waals surface area (Å²) in [7, 11) is 0. The van der Waals surface area contributed by atoms with Crippen molar-refractivity contribution >= 4 is 40.6 Å². The third-order valence-corrected chi connectivity index (χ3v) is 4.35. The molecule has 2 heterocycles. The van der Waals surface area contributed by atoms with Crippen molar-refractivity contribution in [3.8, 4) is 0 Å². The summed E-state index contributed by atoms with van der Waals surface area (Å²) >= 11 is 7.55. The summed E-state index contributed by atoms with van der Waals surface area (Å²) in [5.41, 5.74) is 1.33. The van der Waals surface area contributed by atoms with Crippen molar-refractivity contribution < 1.29 is 9.18 Å². The minimum atomic E-state index is -0.504. The molecule has 6 heteroatoms. The average Bonchev–Trinajstić information content (AvgIpc) is 2.32. The normalized spacial score (nSPS) is 22.8. The van der Waals surface area contributed by atoms with Crippen LogP contribution < -0.4 is 10.2 Å². The van der Waals surface area contributed by atoms with Gasteiger partial charge in [0.25, 0.3) is 0 Å². The number of halogens is 2. The standard InChI is InChI=1S/C11H10ClFN2OS/c12-6-3-9-8(4-7(6)13)14-11(16)10-5-17-2-1-15(9)10/h3-4,10H,1-2,5H2,(H,14,16). The molecule has 3 nitrogen and oxygen atoms in total. The van der Waals surface area contributed by atoms with Crippen LogP contribution in [0.1, 0.15) is 0 Å². The SMILES string of the molecule is O=C1Nc2cc(F)c(Cl)cc2N2CCSCC12. The summed E-state index contributed by atoms with van der Waals surface area (Å²) in [4.78, 5) is 13.9. The maximum Gasteiger partial charge on any atom is 0.247 e. The van der Waals surface area contributed by atoms with E-state index in [2.05, 4.69) is 5.32 Å². The molecule has 0 spiro atoms. The summed E-state index contributed by atoms with van der Waals surface area (Å²) in [5, 5.41) is 2.83. The first-order valence-corrected chi connectivity index (χ1v) is 6.84. The molecule has 1 atom stereocenters. The fourth-order valence-electron chi connectivity index (χ4n) is 2.20. The lowest BCUT2D eigenvalue weighted by Gasteiger charge is -2.40. The molecule has 90 valence electrons. The molecule has 0 bridgehead atoms. The largest absolute Gasteiger partial charge is 0.356 e. The molecule has 0 aliphatic carbocycles. The van der Waals surface area contributed by atoms with Gasteiger partial charge in [0.1, 0.15) is 11.9 Å². The van der Waals surface area contributed by atoms with Crippen molar-refractivity contribution in [1.82, 2.24) is 0 Å². The Labute approximate surface area is 107 Å². The number of carbonyl (C=O) groups is 1. The van der Waals surface area contributed by atoms with Crippen molar-refractivity contribution in [2.24, 2.45) is 0 Å². The lowest BCUT2D eigenvalue weighted by atomic mass is 10.1. The fraction of sp³-hybridized carbons (Fsp3) is 0.364. The van der Waals surface area contributed by atoms with E-state index in [1.165, 1.54) is 6.07 Å². The number of nitrogens with zero attached hydrogens (tertiary/aromatic N) is 1. The van der Waals surface area contributed by atoms with Crippen molar-refractivity contribution in [1.29, 1.82) is 0 Å². The van der Waals surface area contributed by atoms with E-state index in [1.54, 1.807) is 17.8 Å². The zero-order chi connectivity index (χ0) is 12.0. The molecule has 17 heavy (non-hydrogen) atoms. The van der Waals surface area contributed by atoms with Crippen LogP contribution in [0.25, 0.3) is 0 Å². The first kappa shape index (κ1) is 11.2. The lowest BCUT2D eigenvalue weighted by Crippen LogP contribution is -2.52. The van der Waals surface area contributed by atoms with Crippen LogP contribution in [0.2, 0.25) is 5.02 Å². The molecule has 1 N–H and O–H groups in total. The topological polar surface area (TPSA) is 32.3 Å². The number of thioether (sulfide) groups is 1. The van der Waals surface area contributed by atoms with Crippen molar-refractivity contribution in [3.05, 3.63) is 23.0 Å². The van der Waals surface area contributed by atoms with Crippen LogP contribution in [-0.4, -0.2) is 30.0 Å². The number of amides is 1. The molecule has 1 saturated heterocycles.